The lowest BCUT2D eigenvalue weighted by Crippen LogP contribution is -2.48. The highest BCUT2D eigenvalue weighted by Crippen LogP contribution is 2.13. The summed E-state index contributed by atoms with van der Waals surface area (Å²) < 4.78 is 0. The average molecular weight is 230 g/mol. The maximum absolute atomic E-state index is 11.6. The predicted octanol–water partition coefficient (Wildman–Crippen LogP) is 0.587. The van der Waals surface area contributed by atoms with E-state index in [0.29, 0.717) is 0 Å². The Morgan fingerprint density at radius 1 is 1.44 bits per heavy atom. The molecule has 0 spiro atoms. The molecule has 0 aromatic carbocycles. The van der Waals surface area contributed by atoms with Crippen LogP contribution in [-0.2, 0) is 9.59 Å². The molecule has 0 aliphatic carbocycles. The number of amides is 1. The second-order valence-electron chi connectivity index (χ2n) is 4.82. The molecular weight excluding hydrogens is 208 g/mol. The van der Waals surface area contributed by atoms with Gasteiger partial charge in [0.25, 0.3) is 0 Å². The van der Waals surface area contributed by atoms with Crippen molar-refractivity contribution in [1.29, 1.82) is 0 Å². The topological polar surface area (TPSA) is 92.4 Å². The number of aliphatic carboxylic acids is 1. The molecule has 0 saturated heterocycles. The van der Waals surface area contributed by atoms with E-state index in [2.05, 4.69) is 5.32 Å². The molecule has 0 unspecified atom stereocenters. The molecular formula is C11H22N2O3. The second-order valence-corrected chi connectivity index (χ2v) is 4.82. The Kier molecular flexibility index (Phi) is 5.44. The van der Waals surface area contributed by atoms with Gasteiger partial charge in [-0.15, -0.1) is 0 Å². The molecule has 5 nitrogen and oxygen atoms in total. The van der Waals surface area contributed by atoms with E-state index in [1.807, 2.05) is 13.8 Å². The molecule has 0 aliphatic rings. The van der Waals surface area contributed by atoms with Crippen LogP contribution in [0.2, 0.25) is 0 Å². The van der Waals surface area contributed by atoms with E-state index < -0.39 is 17.4 Å². The fourth-order valence-electron chi connectivity index (χ4n) is 1.01. The molecule has 0 rings (SSSR count). The van der Waals surface area contributed by atoms with Crippen LogP contribution in [0.25, 0.3) is 0 Å². The number of carboxylic acids is 1. The molecule has 0 heterocycles. The Labute approximate surface area is 96.4 Å². The van der Waals surface area contributed by atoms with Crippen LogP contribution in [0.5, 0.6) is 0 Å². The molecule has 0 radical (unpaired) electrons. The minimum absolute atomic E-state index is 0.0886. The zero-order chi connectivity index (χ0) is 12.9. The van der Waals surface area contributed by atoms with Crippen molar-refractivity contribution in [3.63, 3.8) is 0 Å². The van der Waals surface area contributed by atoms with Crippen LogP contribution in [0.4, 0.5) is 0 Å². The number of rotatable bonds is 6. The molecule has 0 saturated carbocycles. The highest BCUT2D eigenvalue weighted by Gasteiger charge is 2.29. The van der Waals surface area contributed by atoms with Gasteiger partial charge in [0.2, 0.25) is 5.91 Å². The molecule has 94 valence electrons. The maximum atomic E-state index is 11.6. The molecule has 16 heavy (non-hydrogen) atoms. The van der Waals surface area contributed by atoms with Crippen molar-refractivity contribution < 1.29 is 14.7 Å². The number of carboxylic acid groups (broad SMARTS) is 1. The van der Waals surface area contributed by atoms with E-state index in [4.69, 9.17) is 10.8 Å². The normalized spacial score (nSPS) is 15.3. The first-order chi connectivity index (χ1) is 7.22. The minimum atomic E-state index is -0.967. The number of nitrogens with one attached hydrogen (secondary N) is 1. The van der Waals surface area contributed by atoms with Crippen LogP contribution in [0.15, 0.2) is 0 Å². The lowest BCUT2D eigenvalue weighted by molar-refractivity contribution is -0.146. The van der Waals surface area contributed by atoms with Gasteiger partial charge >= 0.3 is 5.97 Å². The van der Waals surface area contributed by atoms with Crippen LogP contribution in [-0.4, -0.2) is 29.6 Å². The molecule has 0 fully saturated rings. The van der Waals surface area contributed by atoms with Crippen LogP contribution in [0.1, 0.15) is 34.1 Å². The third-order valence-electron chi connectivity index (χ3n) is 2.84. The van der Waals surface area contributed by atoms with Gasteiger partial charge in [-0.05, 0) is 19.8 Å². The highest BCUT2D eigenvalue weighted by molar-refractivity contribution is 5.82. The number of carbonyl (C=O) groups is 2. The van der Waals surface area contributed by atoms with Crippen LogP contribution < -0.4 is 11.1 Å². The van der Waals surface area contributed by atoms with Crippen molar-refractivity contribution in [2.75, 3.05) is 6.54 Å². The van der Waals surface area contributed by atoms with E-state index in [-0.39, 0.29) is 18.4 Å². The third kappa shape index (κ3) is 4.18. The van der Waals surface area contributed by atoms with Gasteiger partial charge in [-0.2, -0.15) is 0 Å². The molecule has 2 atom stereocenters. The largest absolute Gasteiger partial charge is 0.481 e. The van der Waals surface area contributed by atoms with E-state index in [1.165, 1.54) is 0 Å². The van der Waals surface area contributed by atoms with Crippen molar-refractivity contribution >= 4 is 11.9 Å². The molecule has 0 aromatic heterocycles. The number of hydrogen-bond acceptors (Lipinski definition) is 3. The second kappa shape index (κ2) is 5.84. The summed E-state index contributed by atoms with van der Waals surface area (Å²) in [6.07, 6.45) is 0.816. The molecule has 0 aliphatic heterocycles. The average Bonchev–Trinajstić information content (AvgIpc) is 2.23. The van der Waals surface area contributed by atoms with Gasteiger partial charge in [-0.25, -0.2) is 0 Å². The minimum Gasteiger partial charge on any atom is -0.481 e. The Bertz CT molecular complexity index is 264. The summed E-state index contributed by atoms with van der Waals surface area (Å²) in [6.45, 7) is 7.06. The SMILES string of the molecule is CC[C@H](C)[C@H](N)C(=O)NCC(C)(C)C(=O)O. The first-order valence-electron chi connectivity index (χ1n) is 5.49. The Morgan fingerprint density at radius 3 is 2.31 bits per heavy atom. The molecule has 5 heteroatoms. The van der Waals surface area contributed by atoms with Gasteiger partial charge in [0.15, 0.2) is 0 Å². The summed E-state index contributed by atoms with van der Waals surface area (Å²) in [4.78, 5) is 22.4. The lowest BCUT2D eigenvalue weighted by Gasteiger charge is -2.23. The maximum Gasteiger partial charge on any atom is 0.310 e. The summed E-state index contributed by atoms with van der Waals surface area (Å²) in [7, 11) is 0. The van der Waals surface area contributed by atoms with Crippen molar-refractivity contribution in [3.8, 4) is 0 Å². The lowest BCUT2D eigenvalue weighted by atomic mass is 9.93. The van der Waals surface area contributed by atoms with Crippen LogP contribution >= 0.6 is 0 Å². The molecule has 4 N–H and O–H groups in total. The summed E-state index contributed by atoms with van der Waals surface area (Å²) in [5.74, 6) is -1.14. The molecule has 1 amide bonds. The van der Waals surface area contributed by atoms with E-state index in [1.54, 1.807) is 13.8 Å². The third-order valence-corrected chi connectivity index (χ3v) is 2.84. The Morgan fingerprint density at radius 2 is 1.94 bits per heavy atom. The monoisotopic (exact) mass is 230 g/mol. The smallest absolute Gasteiger partial charge is 0.310 e. The van der Waals surface area contributed by atoms with Gasteiger partial charge in [0.1, 0.15) is 0 Å². The fraction of sp³-hybridized carbons (Fsp3) is 0.818. The highest BCUT2D eigenvalue weighted by atomic mass is 16.4. The fourth-order valence-corrected chi connectivity index (χ4v) is 1.01. The molecule has 0 bridgehead atoms. The summed E-state index contributed by atoms with van der Waals surface area (Å²) >= 11 is 0. The Hall–Kier alpha value is -1.10. The number of hydrogen-bond donors (Lipinski definition) is 3. The number of nitrogens with two attached hydrogens (primary N) is 1. The van der Waals surface area contributed by atoms with Crippen molar-refractivity contribution in [1.82, 2.24) is 5.32 Å². The molecule has 0 aromatic rings. The zero-order valence-corrected chi connectivity index (χ0v) is 10.4. The van der Waals surface area contributed by atoms with E-state index >= 15 is 0 Å². The summed E-state index contributed by atoms with van der Waals surface area (Å²) in [6, 6.07) is -0.574. The van der Waals surface area contributed by atoms with Gasteiger partial charge in [-0.1, -0.05) is 20.3 Å². The van der Waals surface area contributed by atoms with Gasteiger partial charge < -0.3 is 16.2 Å². The van der Waals surface area contributed by atoms with Crippen molar-refractivity contribution in [2.24, 2.45) is 17.1 Å². The van der Waals surface area contributed by atoms with Crippen LogP contribution in [0, 0.1) is 11.3 Å². The van der Waals surface area contributed by atoms with Crippen LogP contribution in [0.3, 0.4) is 0 Å². The predicted molar refractivity (Wildman–Crippen MR) is 61.9 cm³/mol. The summed E-state index contributed by atoms with van der Waals surface area (Å²) in [5, 5.41) is 11.4. The first kappa shape index (κ1) is 14.9. The summed E-state index contributed by atoms with van der Waals surface area (Å²) in [5.41, 5.74) is 4.75. The van der Waals surface area contributed by atoms with Crippen molar-refractivity contribution in [2.45, 2.75) is 40.2 Å². The van der Waals surface area contributed by atoms with Gasteiger partial charge in [0.05, 0.1) is 11.5 Å². The zero-order valence-electron chi connectivity index (χ0n) is 10.4. The van der Waals surface area contributed by atoms with Crippen molar-refractivity contribution in [3.05, 3.63) is 0 Å². The van der Waals surface area contributed by atoms with E-state index in [9.17, 15) is 9.59 Å². The Balaban J connectivity index is 4.22. The number of carbonyl (C=O) groups excluding carboxylic acids is 1. The standard InChI is InChI=1S/C11H22N2O3/c1-5-7(2)8(12)9(14)13-6-11(3,4)10(15)16/h7-8H,5-6,12H2,1-4H3,(H,13,14)(H,15,16)/t7-,8-/m0/s1. The first-order valence-corrected chi connectivity index (χ1v) is 5.49. The quantitative estimate of drug-likeness (QED) is 0.622. The van der Waals surface area contributed by atoms with E-state index in [0.717, 1.165) is 6.42 Å². The van der Waals surface area contributed by atoms with Gasteiger partial charge in [-0.3, -0.25) is 9.59 Å². The van der Waals surface area contributed by atoms with Gasteiger partial charge in [0, 0.05) is 6.54 Å².